The number of para-hydroxylation sites is 1. The molecule has 1 aliphatic carbocycles. The molecule has 0 saturated heterocycles. The summed E-state index contributed by atoms with van der Waals surface area (Å²) < 4.78 is 10.8. The minimum absolute atomic E-state index is 0.0490. The van der Waals surface area contributed by atoms with E-state index in [4.69, 9.17) is 9.47 Å². The van der Waals surface area contributed by atoms with Gasteiger partial charge in [-0.05, 0) is 17.2 Å². The minimum Gasteiger partial charge on any atom is -0.493 e. The fourth-order valence-corrected chi connectivity index (χ4v) is 3.13. The molecule has 0 fully saturated rings. The molecule has 1 aliphatic rings. The van der Waals surface area contributed by atoms with Crippen LogP contribution in [0.3, 0.4) is 0 Å². The fraction of sp³-hybridized carbons (Fsp3) is 0.333. The lowest BCUT2D eigenvalue weighted by atomic mass is 10.1. The number of benzene rings is 2. The van der Waals surface area contributed by atoms with Crippen LogP contribution in [0, 0.1) is 0 Å². The summed E-state index contributed by atoms with van der Waals surface area (Å²) in [4.78, 5) is 0. The van der Waals surface area contributed by atoms with Gasteiger partial charge in [-0.1, -0.05) is 36.4 Å². The highest BCUT2D eigenvalue weighted by Gasteiger charge is 2.30. The first kappa shape index (κ1) is 14.9. The smallest absolute Gasteiger partial charge is 0.165 e. The molecular weight excluding hydrogens is 278 g/mol. The molecule has 0 unspecified atom stereocenters. The first-order chi connectivity index (χ1) is 10.7. The van der Waals surface area contributed by atoms with Crippen LogP contribution in [0.5, 0.6) is 11.5 Å². The van der Waals surface area contributed by atoms with Gasteiger partial charge in [0, 0.05) is 18.5 Å². The molecule has 22 heavy (non-hydrogen) atoms. The van der Waals surface area contributed by atoms with E-state index in [9.17, 15) is 5.11 Å². The maximum Gasteiger partial charge on any atom is 0.165 e. The average Bonchev–Trinajstić information content (AvgIpc) is 2.87. The van der Waals surface area contributed by atoms with Gasteiger partial charge in [0.15, 0.2) is 11.5 Å². The van der Waals surface area contributed by atoms with Crippen molar-refractivity contribution >= 4 is 0 Å². The Morgan fingerprint density at radius 1 is 1.09 bits per heavy atom. The normalized spacial score (nSPS) is 19.8. The van der Waals surface area contributed by atoms with Crippen molar-refractivity contribution in [2.75, 3.05) is 14.2 Å². The van der Waals surface area contributed by atoms with Gasteiger partial charge in [-0.15, -0.1) is 0 Å². The van der Waals surface area contributed by atoms with Gasteiger partial charge in [0.2, 0.25) is 0 Å². The zero-order valence-electron chi connectivity index (χ0n) is 12.9. The Hall–Kier alpha value is -2.04. The maximum absolute atomic E-state index is 10.3. The molecule has 3 rings (SSSR count). The third kappa shape index (κ3) is 2.67. The van der Waals surface area contributed by atoms with Crippen LogP contribution in [0.4, 0.5) is 0 Å². The Kier molecular flexibility index (Phi) is 4.32. The molecule has 4 heteroatoms. The average molecular weight is 299 g/mol. The van der Waals surface area contributed by atoms with E-state index in [1.807, 2.05) is 30.3 Å². The molecule has 0 saturated carbocycles. The fourth-order valence-electron chi connectivity index (χ4n) is 3.13. The monoisotopic (exact) mass is 299 g/mol. The Morgan fingerprint density at radius 2 is 1.91 bits per heavy atom. The van der Waals surface area contributed by atoms with Gasteiger partial charge in [-0.3, -0.25) is 0 Å². The Bertz CT molecular complexity index is 657. The first-order valence-corrected chi connectivity index (χ1v) is 7.43. The quantitative estimate of drug-likeness (QED) is 0.890. The highest BCUT2D eigenvalue weighted by molar-refractivity contribution is 5.46. The van der Waals surface area contributed by atoms with E-state index < -0.39 is 6.10 Å². The highest BCUT2D eigenvalue weighted by atomic mass is 16.5. The molecule has 0 aromatic heterocycles. The molecule has 2 aromatic rings. The Labute approximate surface area is 130 Å². The SMILES string of the molecule is COc1cccc(CN[C@@H]2c3ccccc3C[C@@H]2O)c1OC. The molecule has 0 heterocycles. The summed E-state index contributed by atoms with van der Waals surface area (Å²) in [6.45, 7) is 0.608. The van der Waals surface area contributed by atoms with Crippen molar-refractivity contribution in [1.29, 1.82) is 0 Å². The van der Waals surface area contributed by atoms with Crippen LogP contribution in [-0.4, -0.2) is 25.4 Å². The van der Waals surface area contributed by atoms with Gasteiger partial charge in [0.05, 0.1) is 26.4 Å². The van der Waals surface area contributed by atoms with Crippen molar-refractivity contribution in [3.63, 3.8) is 0 Å². The Morgan fingerprint density at radius 3 is 2.68 bits per heavy atom. The largest absolute Gasteiger partial charge is 0.493 e. The molecular formula is C18H21NO3. The first-order valence-electron chi connectivity index (χ1n) is 7.43. The van der Waals surface area contributed by atoms with Crippen molar-refractivity contribution in [2.45, 2.75) is 25.1 Å². The molecule has 0 radical (unpaired) electrons. The summed E-state index contributed by atoms with van der Waals surface area (Å²) in [5.74, 6) is 1.45. The number of methoxy groups -OCH3 is 2. The van der Waals surface area contributed by atoms with Crippen LogP contribution in [0.25, 0.3) is 0 Å². The van der Waals surface area contributed by atoms with E-state index in [0.29, 0.717) is 18.7 Å². The predicted octanol–water partition coefficient (Wildman–Crippen LogP) is 2.45. The van der Waals surface area contributed by atoms with Crippen molar-refractivity contribution < 1.29 is 14.6 Å². The van der Waals surface area contributed by atoms with E-state index in [2.05, 4.69) is 17.4 Å². The zero-order valence-corrected chi connectivity index (χ0v) is 12.9. The van der Waals surface area contributed by atoms with Crippen LogP contribution in [0.15, 0.2) is 42.5 Å². The van der Waals surface area contributed by atoms with Crippen LogP contribution in [0.2, 0.25) is 0 Å². The summed E-state index contributed by atoms with van der Waals surface area (Å²) in [7, 11) is 3.27. The number of aliphatic hydroxyl groups is 1. The number of rotatable bonds is 5. The second-order valence-electron chi connectivity index (χ2n) is 5.48. The lowest BCUT2D eigenvalue weighted by Gasteiger charge is -2.19. The molecule has 2 aromatic carbocycles. The van der Waals surface area contributed by atoms with E-state index in [-0.39, 0.29) is 6.04 Å². The van der Waals surface area contributed by atoms with E-state index in [0.717, 1.165) is 11.3 Å². The van der Waals surface area contributed by atoms with E-state index in [1.165, 1.54) is 11.1 Å². The summed E-state index contributed by atoms with van der Waals surface area (Å²) >= 11 is 0. The second-order valence-corrected chi connectivity index (χ2v) is 5.48. The van der Waals surface area contributed by atoms with Gasteiger partial charge in [0.25, 0.3) is 0 Å². The third-order valence-corrected chi connectivity index (χ3v) is 4.20. The van der Waals surface area contributed by atoms with Gasteiger partial charge < -0.3 is 19.9 Å². The summed E-state index contributed by atoms with van der Waals surface area (Å²) in [5, 5.41) is 13.7. The molecule has 0 bridgehead atoms. The van der Waals surface area contributed by atoms with E-state index in [1.54, 1.807) is 14.2 Å². The standard InChI is InChI=1S/C18H21NO3/c1-21-16-9-5-7-13(18(16)22-2)11-19-17-14-8-4-3-6-12(14)10-15(17)20/h3-9,15,17,19-20H,10-11H2,1-2H3/t15-,17+/m0/s1. The van der Waals surface area contributed by atoms with Gasteiger partial charge in [-0.2, -0.15) is 0 Å². The Balaban J connectivity index is 1.79. The van der Waals surface area contributed by atoms with Crippen LogP contribution >= 0.6 is 0 Å². The molecule has 2 N–H and O–H groups in total. The molecule has 4 nitrogen and oxygen atoms in total. The number of aliphatic hydroxyl groups excluding tert-OH is 1. The molecule has 116 valence electrons. The molecule has 2 atom stereocenters. The van der Waals surface area contributed by atoms with Crippen LogP contribution < -0.4 is 14.8 Å². The second kappa shape index (κ2) is 6.38. The molecule has 0 aliphatic heterocycles. The van der Waals surface area contributed by atoms with Crippen molar-refractivity contribution in [3.8, 4) is 11.5 Å². The topological polar surface area (TPSA) is 50.7 Å². The number of hydrogen-bond acceptors (Lipinski definition) is 4. The van der Waals surface area contributed by atoms with Crippen molar-refractivity contribution in [2.24, 2.45) is 0 Å². The summed E-state index contributed by atoms with van der Waals surface area (Å²) in [6, 6.07) is 13.9. The lowest BCUT2D eigenvalue weighted by molar-refractivity contribution is 0.140. The van der Waals surface area contributed by atoms with Gasteiger partial charge >= 0.3 is 0 Å². The van der Waals surface area contributed by atoms with Gasteiger partial charge in [-0.25, -0.2) is 0 Å². The summed E-state index contributed by atoms with van der Waals surface area (Å²) in [5.41, 5.74) is 3.40. The van der Waals surface area contributed by atoms with Crippen LogP contribution in [-0.2, 0) is 13.0 Å². The van der Waals surface area contributed by atoms with Crippen molar-refractivity contribution in [1.82, 2.24) is 5.32 Å². The number of nitrogens with one attached hydrogen (secondary N) is 1. The molecule has 0 spiro atoms. The minimum atomic E-state index is -0.394. The number of fused-ring (bicyclic) bond motifs is 1. The highest BCUT2D eigenvalue weighted by Crippen LogP contribution is 2.34. The summed E-state index contributed by atoms with van der Waals surface area (Å²) in [6.07, 6.45) is 0.303. The third-order valence-electron chi connectivity index (χ3n) is 4.20. The number of hydrogen-bond donors (Lipinski definition) is 2. The maximum atomic E-state index is 10.3. The predicted molar refractivity (Wildman–Crippen MR) is 85.3 cm³/mol. The number of ether oxygens (including phenoxy) is 2. The lowest BCUT2D eigenvalue weighted by Crippen LogP contribution is -2.28. The van der Waals surface area contributed by atoms with Crippen molar-refractivity contribution in [3.05, 3.63) is 59.2 Å². The van der Waals surface area contributed by atoms with Gasteiger partial charge in [0.1, 0.15) is 0 Å². The van der Waals surface area contributed by atoms with E-state index >= 15 is 0 Å². The van der Waals surface area contributed by atoms with Crippen LogP contribution in [0.1, 0.15) is 22.7 Å². The molecule has 0 amide bonds. The zero-order chi connectivity index (χ0) is 15.5.